The molecule has 3 saturated heterocycles. The first kappa shape index (κ1) is 27.1. The Morgan fingerprint density at radius 1 is 0.900 bits per heavy atom. The minimum Gasteiger partial charge on any atom is -0.352 e. The van der Waals surface area contributed by atoms with Gasteiger partial charge in [-0.1, -0.05) is 79.4 Å². The minimum atomic E-state index is -0.866. The number of carbonyl (C=O) groups excluding carboxylic acids is 3. The van der Waals surface area contributed by atoms with E-state index in [-0.39, 0.29) is 36.3 Å². The van der Waals surface area contributed by atoms with Crippen molar-refractivity contribution in [3.63, 3.8) is 0 Å². The Morgan fingerprint density at radius 3 is 2.30 bits per heavy atom. The lowest BCUT2D eigenvalue weighted by Gasteiger charge is -2.34. The number of fused-ring (bicyclic) bond motifs is 1. The predicted octanol–water partition coefficient (Wildman–Crippen LogP) is 3.75. The second kappa shape index (κ2) is 11.8. The summed E-state index contributed by atoms with van der Waals surface area (Å²) in [5, 5.41) is 4.78. The Kier molecular flexibility index (Phi) is 8.01. The molecule has 8 heteroatoms. The van der Waals surface area contributed by atoms with Crippen molar-refractivity contribution in [2.24, 2.45) is 5.92 Å². The summed E-state index contributed by atoms with van der Waals surface area (Å²) >= 11 is 0. The summed E-state index contributed by atoms with van der Waals surface area (Å²) in [6, 6.07) is 18.0. The highest BCUT2D eigenvalue weighted by molar-refractivity contribution is 6.07. The summed E-state index contributed by atoms with van der Waals surface area (Å²) in [7, 11) is 0. The van der Waals surface area contributed by atoms with Crippen molar-refractivity contribution in [2.75, 3.05) is 19.6 Å². The molecule has 0 bridgehead atoms. The van der Waals surface area contributed by atoms with E-state index in [1.165, 1.54) is 10.5 Å². The van der Waals surface area contributed by atoms with E-state index < -0.39 is 18.1 Å². The van der Waals surface area contributed by atoms with E-state index in [1.54, 1.807) is 5.06 Å². The topological polar surface area (TPSA) is 82.2 Å². The highest BCUT2D eigenvalue weighted by Gasteiger charge is 2.60. The quantitative estimate of drug-likeness (QED) is 0.535. The Morgan fingerprint density at radius 2 is 1.60 bits per heavy atom. The maximum atomic E-state index is 13.8. The summed E-state index contributed by atoms with van der Waals surface area (Å²) in [5.74, 6) is -1.16. The molecule has 3 amide bonds. The maximum Gasteiger partial charge on any atom is 0.261 e. The molecule has 2 aromatic carbocycles. The minimum absolute atomic E-state index is 0.0141. The number of piperidine rings is 1. The van der Waals surface area contributed by atoms with Gasteiger partial charge < -0.3 is 5.32 Å². The molecule has 2 aromatic rings. The zero-order valence-electron chi connectivity index (χ0n) is 23.3. The number of imide groups is 1. The molecule has 3 heterocycles. The number of aryl methyl sites for hydroxylation is 1. The van der Waals surface area contributed by atoms with Crippen LogP contribution in [0.2, 0.25) is 0 Å². The van der Waals surface area contributed by atoms with Crippen molar-refractivity contribution in [1.82, 2.24) is 20.2 Å². The van der Waals surface area contributed by atoms with Crippen LogP contribution in [0.1, 0.15) is 67.7 Å². The zero-order valence-corrected chi connectivity index (χ0v) is 23.3. The number of nitrogens with one attached hydrogen (secondary N) is 1. The highest BCUT2D eigenvalue weighted by atomic mass is 16.7. The molecule has 1 aliphatic carbocycles. The molecule has 4 fully saturated rings. The molecule has 8 nitrogen and oxygen atoms in total. The van der Waals surface area contributed by atoms with Crippen LogP contribution in [0.4, 0.5) is 0 Å². The fraction of sp³-hybridized carbons (Fsp3) is 0.531. The van der Waals surface area contributed by atoms with Crippen LogP contribution in [0.15, 0.2) is 54.6 Å². The van der Waals surface area contributed by atoms with Crippen molar-refractivity contribution in [3.8, 4) is 0 Å². The van der Waals surface area contributed by atoms with Crippen LogP contribution in [0.25, 0.3) is 0 Å². The van der Waals surface area contributed by atoms with Gasteiger partial charge in [0, 0.05) is 31.7 Å². The van der Waals surface area contributed by atoms with Crippen LogP contribution in [-0.4, -0.2) is 70.4 Å². The van der Waals surface area contributed by atoms with Gasteiger partial charge in [-0.25, -0.2) is 0 Å². The van der Waals surface area contributed by atoms with E-state index in [2.05, 4.69) is 34.5 Å². The van der Waals surface area contributed by atoms with Gasteiger partial charge in [-0.05, 0) is 43.7 Å². The Hall–Kier alpha value is -3.07. The first-order valence-corrected chi connectivity index (χ1v) is 14.9. The van der Waals surface area contributed by atoms with Crippen LogP contribution < -0.4 is 5.32 Å². The van der Waals surface area contributed by atoms with Gasteiger partial charge in [-0.3, -0.25) is 29.0 Å². The standard InChI is InChI=1S/C32H40N4O4/c1-22-12-14-24(15-13-22)29-28-30(32(39)36(31(28)38)26-10-6-3-7-11-26)40-35(29)21-27(37)33-25-16-18-34(19-17-25)20-23-8-4-2-5-9-23/h2,4-5,8-9,12-15,25-26,28-30H,3,6-7,10-11,16-21H2,1H3,(H,33,37). The maximum absolute atomic E-state index is 13.8. The molecule has 0 spiro atoms. The largest absolute Gasteiger partial charge is 0.352 e. The van der Waals surface area contributed by atoms with Gasteiger partial charge in [-0.15, -0.1) is 0 Å². The predicted molar refractivity (Wildman–Crippen MR) is 151 cm³/mol. The molecule has 3 aliphatic heterocycles. The molecule has 1 N–H and O–H groups in total. The van der Waals surface area contributed by atoms with Gasteiger partial charge in [0.2, 0.25) is 11.8 Å². The lowest BCUT2D eigenvalue weighted by atomic mass is 9.90. The fourth-order valence-corrected chi connectivity index (χ4v) is 6.96. The van der Waals surface area contributed by atoms with Crippen LogP contribution in [-0.2, 0) is 25.8 Å². The van der Waals surface area contributed by atoms with Gasteiger partial charge >= 0.3 is 0 Å². The average Bonchev–Trinajstić information content (AvgIpc) is 3.45. The van der Waals surface area contributed by atoms with E-state index in [1.807, 2.05) is 37.3 Å². The molecule has 0 aromatic heterocycles. The van der Waals surface area contributed by atoms with E-state index in [9.17, 15) is 14.4 Å². The van der Waals surface area contributed by atoms with E-state index >= 15 is 0 Å². The van der Waals surface area contributed by atoms with Crippen molar-refractivity contribution < 1.29 is 19.2 Å². The molecule has 3 unspecified atom stereocenters. The number of hydrogen-bond acceptors (Lipinski definition) is 6. The van der Waals surface area contributed by atoms with Crippen molar-refractivity contribution in [2.45, 2.75) is 82.6 Å². The number of amides is 3. The van der Waals surface area contributed by atoms with Gasteiger partial charge in [0.15, 0.2) is 6.10 Å². The first-order valence-electron chi connectivity index (χ1n) is 14.9. The first-order chi connectivity index (χ1) is 19.5. The molecular formula is C32H40N4O4. The smallest absolute Gasteiger partial charge is 0.261 e. The lowest BCUT2D eigenvalue weighted by Crippen LogP contribution is -2.48. The SMILES string of the molecule is Cc1ccc(C2C3C(=O)N(C4CCCCC4)C(=O)C3ON2CC(=O)NC2CCN(Cc3ccccc3)CC2)cc1. The zero-order chi connectivity index (χ0) is 27.6. The molecule has 0 radical (unpaired) electrons. The van der Waals surface area contributed by atoms with Gasteiger partial charge in [-0.2, -0.15) is 5.06 Å². The normalized spacial score (nSPS) is 26.8. The summed E-state index contributed by atoms with van der Waals surface area (Å²) in [6.07, 6.45) is 5.86. The lowest BCUT2D eigenvalue weighted by molar-refractivity contribution is -0.184. The van der Waals surface area contributed by atoms with Gasteiger partial charge in [0.25, 0.3) is 5.91 Å². The Bertz CT molecular complexity index is 1210. The Labute approximate surface area is 236 Å². The average molecular weight is 545 g/mol. The number of benzene rings is 2. The highest BCUT2D eigenvalue weighted by Crippen LogP contribution is 2.46. The van der Waals surface area contributed by atoms with Crippen LogP contribution in [0.3, 0.4) is 0 Å². The monoisotopic (exact) mass is 544 g/mol. The molecule has 1 saturated carbocycles. The van der Waals surface area contributed by atoms with Crippen molar-refractivity contribution >= 4 is 17.7 Å². The number of nitrogens with zero attached hydrogens (tertiary/aromatic N) is 3. The van der Waals surface area contributed by atoms with E-state index in [0.29, 0.717) is 0 Å². The van der Waals surface area contributed by atoms with Gasteiger partial charge in [0.05, 0.1) is 12.0 Å². The molecule has 3 atom stereocenters. The van der Waals surface area contributed by atoms with Crippen molar-refractivity contribution in [1.29, 1.82) is 0 Å². The van der Waals surface area contributed by atoms with Crippen LogP contribution in [0.5, 0.6) is 0 Å². The van der Waals surface area contributed by atoms with Crippen molar-refractivity contribution in [3.05, 3.63) is 71.3 Å². The van der Waals surface area contributed by atoms with E-state index in [0.717, 1.165) is 75.7 Å². The molecule has 4 aliphatic rings. The number of hydroxylamine groups is 2. The third-order valence-corrected chi connectivity index (χ3v) is 9.09. The third kappa shape index (κ3) is 5.57. The number of rotatable bonds is 7. The van der Waals surface area contributed by atoms with Gasteiger partial charge in [0.1, 0.15) is 6.54 Å². The summed E-state index contributed by atoms with van der Waals surface area (Å²) in [6.45, 7) is 4.78. The summed E-state index contributed by atoms with van der Waals surface area (Å²) in [4.78, 5) is 50.6. The summed E-state index contributed by atoms with van der Waals surface area (Å²) in [5.41, 5.74) is 3.31. The number of carbonyl (C=O) groups is 3. The molecule has 6 rings (SSSR count). The van der Waals surface area contributed by atoms with Crippen LogP contribution in [0, 0.1) is 12.8 Å². The fourth-order valence-electron chi connectivity index (χ4n) is 6.96. The third-order valence-electron chi connectivity index (χ3n) is 9.09. The van der Waals surface area contributed by atoms with Crippen LogP contribution >= 0.6 is 0 Å². The second-order valence-corrected chi connectivity index (χ2v) is 11.9. The molecule has 212 valence electrons. The molecule has 40 heavy (non-hydrogen) atoms. The molecular weight excluding hydrogens is 504 g/mol. The summed E-state index contributed by atoms with van der Waals surface area (Å²) < 4.78 is 0. The number of hydrogen-bond donors (Lipinski definition) is 1. The van der Waals surface area contributed by atoms with E-state index in [4.69, 9.17) is 4.84 Å². The second-order valence-electron chi connectivity index (χ2n) is 11.9. The Balaban J connectivity index is 1.11. The number of likely N-dealkylation sites (tertiary alicyclic amines) is 2.